The lowest BCUT2D eigenvalue weighted by Crippen LogP contribution is -2.37. The van der Waals surface area contributed by atoms with E-state index in [1.54, 1.807) is 32.2 Å². The van der Waals surface area contributed by atoms with E-state index in [0.717, 1.165) is 6.42 Å². The van der Waals surface area contributed by atoms with Gasteiger partial charge in [0.1, 0.15) is 11.5 Å². The van der Waals surface area contributed by atoms with Crippen molar-refractivity contribution in [3.8, 4) is 11.1 Å². The second kappa shape index (κ2) is 7.21. The molecular formula is C21H22ClFN4O2S. The lowest BCUT2D eigenvalue weighted by molar-refractivity contribution is 0.0996. The predicted octanol–water partition coefficient (Wildman–Crippen LogP) is 3.63. The number of methoxy groups -OCH3 is 1. The minimum absolute atomic E-state index is 0.0690. The van der Waals surface area contributed by atoms with E-state index < -0.39 is 11.4 Å². The van der Waals surface area contributed by atoms with Crippen LogP contribution in [0.3, 0.4) is 0 Å². The smallest absolute Gasteiger partial charge is 0.267 e. The summed E-state index contributed by atoms with van der Waals surface area (Å²) in [6.45, 7) is 4.08. The number of halogens is 2. The molecule has 3 atom stereocenters. The number of amidine groups is 1. The highest BCUT2D eigenvalue weighted by Crippen LogP contribution is 2.66. The van der Waals surface area contributed by atoms with Gasteiger partial charge in [0.05, 0.1) is 21.9 Å². The van der Waals surface area contributed by atoms with Gasteiger partial charge in [-0.05, 0) is 49.6 Å². The number of rotatable bonds is 5. The molecule has 2 aromatic rings. The quantitative estimate of drug-likeness (QED) is 0.726. The third-order valence-electron chi connectivity index (χ3n) is 5.94. The number of hydrogen-bond donors (Lipinski definition) is 2. The number of aryl methyl sites for hydroxylation is 1. The van der Waals surface area contributed by atoms with Gasteiger partial charge in [0.15, 0.2) is 5.17 Å². The van der Waals surface area contributed by atoms with Gasteiger partial charge in [-0.2, -0.15) is 0 Å². The van der Waals surface area contributed by atoms with Crippen LogP contribution in [0.5, 0.6) is 0 Å². The van der Waals surface area contributed by atoms with Crippen molar-refractivity contribution in [2.45, 2.75) is 30.6 Å². The Bertz CT molecular complexity index is 1090. The lowest BCUT2D eigenvalue weighted by Gasteiger charge is -2.34. The molecule has 4 N–H and O–H groups in total. The van der Waals surface area contributed by atoms with Crippen molar-refractivity contribution in [2.24, 2.45) is 22.4 Å². The topological polar surface area (TPSA) is 104 Å². The number of aliphatic imine (C=N–C) groups is 1. The van der Waals surface area contributed by atoms with Crippen LogP contribution in [0, 0.1) is 18.7 Å². The summed E-state index contributed by atoms with van der Waals surface area (Å²) in [4.78, 5) is 20.7. The lowest BCUT2D eigenvalue weighted by atomic mass is 9.83. The molecule has 30 heavy (non-hydrogen) atoms. The van der Waals surface area contributed by atoms with Crippen LogP contribution >= 0.6 is 23.4 Å². The first kappa shape index (κ1) is 21.1. The highest BCUT2D eigenvalue weighted by molar-refractivity contribution is 8.15. The summed E-state index contributed by atoms with van der Waals surface area (Å²) < 4.78 is 20.6. The molecule has 0 unspecified atom stereocenters. The normalized spacial score (nSPS) is 27.4. The highest BCUT2D eigenvalue weighted by atomic mass is 35.5. The van der Waals surface area contributed by atoms with E-state index in [0.29, 0.717) is 39.1 Å². The molecule has 2 aliphatic rings. The number of carbonyl (C=O) groups excluding carboxylic acids is 1. The van der Waals surface area contributed by atoms with Gasteiger partial charge in [0, 0.05) is 30.4 Å². The van der Waals surface area contributed by atoms with Crippen molar-refractivity contribution in [1.29, 1.82) is 0 Å². The molecule has 1 aromatic carbocycles. The second-order valence-corrected chi connectivity index (χ2v) is 9.89. The van der Waals surface area contributed by atoms with Gasteiger partial charge in [-0.3, -0.25) is 9.79 Å². The number of primary amides is 1. The Kier molecular flexibility index (Phi) is 5.07. The van der Waals surface area contributed by atoms with Crippen LogP contribution < -0.4 is 11.5 Å². The number of benzene rings is 1. The maximum atomic E-state index is 15.4. The van der Waals surface area contributed by atoms with Gasteiger partial charge in [-0.25, -0.2) is 9.37 Å². The number of thioether (sulfide) groups is 1. The first-order chi connectivity index (χ1) is 14.1. The molecule has 0 saturated heterocycles. The highest BCUT2D eigenvalue weighted by Gasteiger charge is 2.66. The van der Waals surface area contributed by atoms with E-state index in [1.807, 2.05) is 6.92 Å². The van der Waals surface area contributed by atoms with Crippen molar-refractivity contribution in [3.63, 3.8) is 0 Å². The largest absolute Gasteiger partial charge is 0.383 e. The fourth-order valence-electron chi connectivity index (χ4n) is 4.48. The molecular weight excluding hydrogens is 427 g/mol. The van der Waals surface area contributed by atoms with Crippen LogP contribution in [0.15, 0.2) is 29.4 Å². The van der Waals surface area contributed by atoms with Gasteiger partial charge in [0.25, 0.3) is 5.91 Å². The average Bonchev–Trinajstić information content (AvgIpc) is 3.38. The van der Waals surface area contributed by atoms with E-state index in [1.165, 1.54) is 18.0 Å². The number of amides is 1. The number of pyridine rings is 1. The zero-order valence-corrected chi connectivity index (χ0v) is 18.4. The van der Waals surface area contributed by atoms with E-state index in [9.17, 15) is 4.79 Å². The number of carbonyl (C=O) groups is 1. The molecule has 1 aliphatic carbocycles. The Hall–Kier alpha value is -2.16. The molecule has 1 saturated carbocycles. The van der Waals surface area contributed by atoms with Gasteiger partial charge in [-0.15, -0.1) is 0 Å². The molecule has 2 heterocycles. The molecule has 1 aliphatic heterocycles. The maximum absolute atomic E-state index is 15.4. The Morgan fingerprint density at radius 3 is 2.83 bits per heavy atom. The minimum atomic E-state index is -0.863. The summed E-state index contributed by atoms with van der Waals surface area (Å²) in [7, 11) is 1.65. The number of hydrogen-bond acceptors (Lipinski definition) is 6. The number of nitrogens with two attached hydrogens (primary N) is 2. The first-order valence-corrected chi connectivity index (χ1v) is 10.6. The van der Waals surface area contributed by atoms with Crippen LogP contribution in [0.1, 0.15) is 35.0 Å². The van der Waals surface area contributed by atoms with Crippen LogP contribution in [0.4, 0.5) is 4.39 Å². The molecule has 6 nitrogen and oxygen atoms in total. The Balaban J connectivity index is 1.90. The molecule has 1 amide bonds. The third kappa shape index (κ3) is 3.27. The summed E-state index contributed by atoms with van der Waals surface area (Å²) in [5, 5.41) is 0.760. The minimum Gasteiger partial charge on any atom is -0.383 e. The number of fused-ring (bicyclic) bond motifs is 1. The van der Waals surface area contributed by atoms with Crippen molar-refractivity contribution in [2.75, 3.05) is 13.7 Å². The molecule has 1 fully saturated rings. The monoisotopic (exact) mass is 448 g/mol. The fourth-order valence-corrected chi connectivity index (χ4v) is 6.09. The first-order valence-electron chi connectivity index (χ1n) is 9.41. The summed E-state index contributed by atoms with van der Waals surface area (Å²) in [6, 6.07) is 4.96. The molecule has 0 radical (unpaired) electrons. The summed E-state index contributed by atoms with van der Waals surface area (Å²) in [5.41, 5.74) is 12.7. The molecule has 158 valence electrons. The molecule has 9 heteroatoms. The Labute approximate surface area is 183 Å². The van der Waals surface area contributed by atoms with Gasteiger partial charge >= 0.3 is 0 Å². The van der Waals surface area contributed by atoms with Crippen molar-refractivity contribution in [3.05, 3.63) is 52.1 Å². The third-order valence-corrected chi connectivity index (χ3v) is 7.42. The van der Waals surface area contributed by atoms with Gasteiger partial charge < -0.3 is 16.2 Å². The molecule has 1 aromatic heterocycles. The van der Waals surface area contributed by atoms with E-state index in [4.69, 9.17) is 27.8 Å². The molecule has 0 spiro atoms. The molecule has 0 bridgehead atoms. The van der Waals surface area contributed by atoms with Gasteiger partial charge in [0.2, 0.25) is 0 Å². The standard InChI is InChI=1S/C21H22ClFN4O2S/c1-10-4-11(13-6-12(22)8-26-17(13)18(24)28)5-14(16(10)23)20(2)15-7-21(15,9-29-3)30-19(25)27-20/h4-6,8,15H,7,9H2,1-3H3,(H2,24,28)(H2,25,27)/t15-,20+,21+/m0/s1. The summed E-state index contributed by atoms with van der Waals surface area (Å²) in [6.07, 6.45) is 2.18. The SMILES string of the molecule is COC[C@]12C[C@H]1[C@@](C)(c1cc(-c3cc(Cl)cnc3C(N)=O)cc(C)c1F)N=C(N)S2. The average molecular weight is 449 g/mol. The Morgan fingerprint density at radius 2 is 2.17 bits per heavy atom. The van der Waals surface area contributed by atoms with Crippen molar-refractivity contribution < 1.29 is 13.9 Å². The van der Waals surface area contributed by atoms with E-state index in [2.05, 4.69) is 9.98 Å². The number of ether oxygens (including phenoxy) is 1. The zero-order valence-electron chi connectivity index (χ0n) is 16.8. The van der Waals surface area contributed by atoms with Crippen LogP contribution in [0.25, 0.3) is 11.1 Å². The van der Waals surface area contributed by atoms with Crippen LogP contribution in [-0.2, 0) is 10.3 Å². The fraction of sp³-hybridized carbons (Fsp3) is 0.381. The zero-order chi connectivity index (χ0) is 21.8. The van der Waals surface area contributed by atoms with E-state index in [-0.39, 0.29) is 22.2 Å². The summed E-state index contributed by atoms with van der Waals surface area (Å²) in [5.74, 6) is -0.966. The van der Waals surface area contributed by atoms with Gasteiger partial charge in [-0.1, -0.05) is 23.4 Å². The van der Waals surface area contributed by atoms with Crippen molar-refractivity contribution >= 4 is 34.4 Å². The van der Waals surface area contributed by atoms with Crippen LogP contribution in [0.2, 0.25) is 5.02 Å². The molecule has 4 rings (SSSR count). The van der Waals surface area contributed by atoms with Crippen molar-refractivity contribution in [1.82, 2.24) is 4.98 Å². The van der Waals surface area contributed by atoms with Crippen LogP contribution in [-0.4, -0.2) is 34.5 Å². The van der Waals surface area contributed by atoms with E-state index >= 15 is 4.39 Å². The second-order valence-electron chi connectivity index (χ2n) is 8.02. The number of aromatic nitrogens is 1. The summed E-state index contributed by atoms with van der Waals surface area (Å²) >= 11 is 7.61. The maximum Gasteiger partial charge on any atom is 0.267 e. The Morgan fingerprint density at radius 1 is 1.43 bits per heavy atom. The predicted molar refractivity (Wildman–Crippen MR) is 117 cm³/mol. The number of nitrogens with zero attached hydrogens (tertiary/aromatic N) is 2.